The summed E-state index contributed by atoms with van der Waals surface area (Å²) in [7, 11) is 0. The van der Waals surface area contributed by atoms with Gasteiger partial charge in [0.15, 0.2) is 5.11 Å². The second-order valence-corrected chi connectivity index (χ2v) is 6.44. The molecule has 4 nitrogen and oxygen atoms in total. The molecule has 6 heteroatoms. The number of hydrogen-bond acceptors (Lipinski definition) is 4. The van der Waals surface area contributed by atoms with Crippen LogP contribution in [0.3, 0.4) is 0 Å². The van der Waals surface area contributed by atoms with Crippen molar-refractivity contribution in [3.05, 3.63) is 64.5 Å². The number of carbonyl (C=O) groups excluding carboxylic acids is 1. The number of anilines is 1. The third kappa shape index (κ3) is 3.90. The van der Waals surface area contributed by atoms with Gasteiger partial charge < -0.3 is 9.73 Å². The molecule has 0 saturated carbocycles. The highest BCUT2D eigenvalue weighted by molar-refractivity contribution is 7.80. The Morgan fingerprint density at radius 2 is 1.96 bits per heavy atom. The van der Waals surface area contributed by atoms with Crippen molar-refractivity contribution in [2.24, 2.45) is 0 Å². The first kappa shape index (κ1) is 16.4. The summed E-state index contributed by atoms with van der Waals surface area (Å²) < 4.78 is 5.73. The van der Waals surface area contributed by atoms with Crippen LogP contribution in [-0.2, 0) is 6.42 Å². The van der Waals surface area contributed by atoms with Gasteiger partial charge in [-0.1, -0.05) is 13.0 Å². The lowest BCUT2D eigenvalue weighted by Crippen LogP contribution is -2.33. The summed E-state index contributed by atoms with van der Waals surface area (Å²) in [5.74, 6) is 1.60. The molecule has 0 bridgehead atoms. The summed E-state index contributed by atoms with van der Waals surface area (Å²) in [4.78, 5) is 12.6. The lowest BCUT2D eigenvalue weighted by Gasteiger charge is -2.09. The molecule has 0 atom stereocenters. The Morgan fingerprint density at radius 3 is 2.58 bits per heavy atom. The molecular formula is C18H16N2O2S2. The van der Waals surface area contributed by atoms with Crippen LogP contribution in [0.25, 0.3) is 11.3 Å². The van der Waals surface area contributed by atoms with Gasteiger partial charge in [0.1, 0.15) is 11.5 Å². The van der Waals surface area contributed by atoms with Gasteiger partial charge in [-0.05, 0) is 60.1 Å². The van der Waals surface area contributed by atoms with E-state index in [0.29, 0.717) is 4.88 Å². The van der Waals surface area contributed by atoms with Crippen LogP contribution < -0.4 is 10.6 Å². The van der Waals surface area contributed by atoms with Crippen LogP contribution in [0, 0.1) is 0 Å². The summed E-state index contributed by atoms with van der Waals surface area (Å²) in [6, 6.07) is 15.2. The minimum Gasteiger partial charge on any atom is -0.461 e. The van der Waals surface area contributed by atoms with Crippen molar-refractivity contribution in [3.63, 3.8) is 0 Å². The predicted octanol–water partition coefficient (Wildman–Crippen LogP) is 4.70. The summed E-state index contributed by atoms with van der Waals surface area (Å²) in [6.07, 6.45) is 0.873. The van der Waals surface area contributed by atoms with Crippen molar-refractivity contribution in [1.29, 1.82) is 0 Å². The van der Waals surface area contributed by atoms with E-state index in [4.69, 9.17) is 16.6 Å². The van der Waals surface area contributed by atoms with Gasteiger partial charge in [0.05, 0.1) is 4.88 Å². The van der Waals surface area contributed by atoms with E-state index in [1.165, 1.54) is 11.3 Å². The fraction of sp³-hybridized carbons (Fsp3) is 0.111. The Hall–Kier alpha value is -2.44. The molecule has 3 rings (SSSR count). The van der Waals surface area contributed by atoms with Crippen LogP contribution >= 0.6 is 23.6 Å². The second-order valence-electron chi connectivity index (χ2n) is 5.08. The van der Waals surface area contributed by atoms with Gasteiger partial charge in [-0.2, -0.15) is 0 Å². The lowest BCUT2D eigenvalue weighted by atomic mass is 10.1. The molecule has 0 aliphatic rings. The third-order valence-corrected chi connectivity index (χ3v) is 4.48. The van der Waals surface area contributed by atoms with Gasteiger partial charge in [0.2, 0.25) is 0 Å². The fourth-order valence-corrected chi connectivity index (χ4v) is 3.01. The van der Waals surface area contributed by atoms with Crippen molar-refractivity contribution < 1.29 is 9.21 Å². The minimum atomic E-state index is -0.207. The topological polar surface area (TPSA) is 54.3 Å². The summed E-state index contributed by atoms with van der Waals surface area (Å²) in [5, 5.41) is 7.79. The van der Waals surface area contributed by atoms with Gasteiger partial charge in [-0.25, -0.2) is 0 Å². The molecule has 0 aliphatic heterocycles. The van der Waals surface area contributed by atoms with Crippen LogP contribution in [0.2, 0.25) is 0 Å². The van der Waals surface area contributed by atoms with Crippen LogP contribution in [0.5, 0.6) is 0 Å². The number of nitrogens with one attached hydrogen (secondary N) is 2. The van der Waals surface area contributed by atoms with Gasteiger partial charge in [-0.3, -0.25) is 10.1 Å². The molecule has 2 heterocycles. The van der Waals surface area contributed by atoms with E-state index in [0.717, 1.165) is 29.2 Å². The number of amides is 1. The van der Waals surface area contributed by atoms with Gasteiger partial charge in [-0.15, -0.1) is 11.3 Å². The monoisotopic (exact) mass is 356 g/mol. The normalized spacial score (nSPS) is 10.4. The highest BCUT2D eigenvalue weighted by Crippen LogP contribution is 2.24. The smallest absolute Gasteiger partial charge is 0.267 e. The van der Waals surface area contributed by atoms with Crippen LogP contribution in [0.4, 0.5) is 5.69 Å². The lowest BCUT2D eigenvalue weighted by molar-refractivity contribution is 0.0981. The fourth-order valence-electron chi connectivity index (χ4n) is 2.18. The summed E-state index contributed by atoms with van der Waals surface area (Å²) in [5.41, 5.74) is 1.80. The molecule has 0 fully saturated rings. The molecule has 0 saturated heterocycles. The highest BCUT2D eigenvalue weighted by Gasteiger charge is 2.09. The molecule has 0 unspecified atom stereocenters. The van der Waals surface area contributed by atoms with Crippen molar-refractivity contribution in [2.75, 3.05) is 5.32 Å². The van der Waals surface area contributed by atoms with Gasteiger partial charge in [0, 0.05) is 17.7 Å². The number of aryl methyl sites for hydroxylation is 1. The van der Waals surface area contributed by atoms with E-state index in [1.807, 2.05) is 47.8 Å². The number of hydrogen-bond donors (Lipinski definition) is 2. The Balaban J connectivity index is 1.61. The van der Waals surface area contributed by atoms with Crippen LogP contribution in [-0.4, -0.2) is 11.0 Å². The molecule has 1 aromatic carbocycles. The van der Waals surface area contributed by atoms with Gasteiger partial charge >= 0.3 is 0 Å². The third-order valence-electron chi connectivity index (χ3n) is 3.41. The van der Waals surface area contributed by atoms with Crippen molar-refractivity contribution in [1.82, 2.24) is 5.32 Å². The maximum absolute atomic E-state index is 11.9. The van der Waals surface area contributed by atoms with Crippen LogP contribution in [0.1, 0.15) is 22.4 Å². The number of carbonyl (C=O) groups is 1. The van der Waals surface area contributed by atoms with Gasteiger partial charge in [0.25, 0.3) is 5.91 Å². The zero-order valence-corrected chi connectivity index (χ0v) is 14.7. The molecule has 0 radical (unpaired) electrons. The van der Waals surface area contributed by atoms with E-state index in [2.05, 4.69) is 17.6 Å². The van der Waals surface area contributed by atoms with E-state index in [9.17, 15) is 4.79 Å². The predicted molar refractivity (Wildman–Crippen MR) is 102 cm³/mol. The molecule has 2 N–H and O–H groups in total. The van der Waals surface area contributed by atoms with E-state index in [-0.39, 0.29) is 11.0 Å². The standard InChI is InChI=1S/C18H16N2O2S2/c1-2-14-9-10-15(22-14)12-5-7-13(8-6-12)19-18(23)20-17(21)16-4-3-11-24-16/h3-11H,2H2,1H3,(H2,19,20,21,23). The van der Waals surface area contributed by atoms with Crippen molar-refractivity contribution in [2.45, 2.75) is 13.3 Å². The molecule has 0 spiro atoms. The molecular weight excluding hydrogens is 340 g/mol. The molecule has 122 valence electrons. The number of thiocarbonyl (C=S) groups is 1. The van der Waals surface area contributed by atoms with Crippen molar-refractivity contribution >= 4 is 40.3 Å². The number of furan rings is 1. The van der Waals surface area contributed by atoms with E-state index < -0.39 is 0 Å². The molecule has 1 amide bonds. The zero-order valence-electron chi connectivity index (χ0n) is 13.0. The minimum absolute atomic E-state index is 0.207. The first-order valence-electron chi connectivity index (χ1n) is 7.50. The van der Waals surface area contributed by atoms with E-state index in [1.54, 1.807) is 6.07 Å². The number of benzene rings is 1. The second kappa shape index (κ2) is 7.42. The molecule has 2 aromatic heterocycles. The maximum Gasteiger partial charge on any atom is 0.267 e. The average molecular weight is 356 g/mol. The highest BCUT2D eigenvalue weighted by atomic mass is 32.1. The van der Waals surface area contributed by atoms with Crippen molar-refractivity contribution in [3.8, 4) is 11.3 Å². The maximum atomic E-state index is 11.9. The number of thiophene rings is 1. The summed E-state index contributed by atoms with van der Waals surface area (Å²) >= 11 is 6.55. The summed E-state index contributed by atoms with van der Waals surface area (Å²) in [6.45, 7) is 2.06. The molecule has 24 heavy (non-hydrogen) atoms. The Labute approximate surface area is 149 Å². The quantitative estimate of drug-likeness (QED) is 0.666. The molecule has 0 aliphatic carbocycles. The Kier molecular flexibility index (Phi) is 5.08. The number of rotatable bonds is 4. The Bertz CT molecular complexity index is 836. The first-order valence-corrected chi connectivity index (χ1v) is 8.79. The van der Waals surface area contributed by atoms with E-state index >= 15 is 0 Å². The SMILES string of the molecule is CCc1ccc(-c2ccc(NC(=S)NC(=O)c3cccs3)cc2)o1. The van der Waals surface area contributed by atoms with Crippen LogP contribution in [0.15, 0.2) is 58.3 Å². The Morgan fingerprint density at radius 1 is 1.17 bits per heavy atom. The average Bonchev–Trinajstić information content (AvgIpc) is 3.27. The first-order chi connectivity index (χ1) is 11.7. The largest absolute Gasteiger partial charge is 0.461 e. The molecule has 3 aromatic rings. The zero-order chi connectivity index (χ0) is 16.9.